The average molecular weight is 318 g/mol. The minimum atomic E-state index is 0. The summed E-state index contributed by atoms with van der Waals surface area (Å²) in [5.74, 6) is 1.74. The molecule has 0 spiro atoms. The summed E-state index contributed by atoms with van der Waals surface area (Å²) in [5, 5.41) is 3.42. The van der Waals surface area contributed by atoms with Crippen molar-refractivity contribution < 1.29 is 4.79 Å². The molecule has 1 aliphatic rings. The highest BCUT2D eigenvalue weighted by molar-refractivity contribution is 5.85. The summed E-state index contributed by atoms with van der Waals surface area (Å²) in [6, 6.07) is 0. The molecule has 0 saturated carbocycles. The van der Waals surface area contributed by atoms with E-state index in [1.165, 1.54) is 64.5 Å². The molecule has 1 saturated heterocycles. The van der Waals surface area contributed by atoms with Crippen molar-refractivity contribution >= 4 is 18.2 Å². The number of Topliss-reactive ketones (excluding diaryl/α,β-unsaturated/α-hetero) is 1. The molecule has 1 heterocycles. The summed E-state index contributed by atoms with van der Waals surface area (Å²) in [6.07, 6.45) is 13.4. The molecule has 2 nitrogen and oxygen atoms in total. The molecule has 0 bridgehead atoms. The summed E-state index contributed by atoms with van der Waals surface area (Å²) in [7, 11) is 0. The van der Waals surface area contributed by atoms with E-state index in [1.807, 2.05) is 0 Å². The van der Waals surface area contributed by atoms with Crippen molar-refractivity contribution in [3.05, 3.63) is 0 Å². The van der Waals surface area contributed by atoms with Gasteiger partial charge in [0.15, 0.2) is 0 Å². The maximum Gasteiger partial charge on any atom is 0.135 e. The van der Waals surface area contributed by atoms with Gasteiger partial charge in [-0.2, -0.15) is 0 Å². The standard InChI is InChI=1S/C18H35NO.ClH/c1-3-4-5-6-11-18(20)16(2)9-7-8-10-17-12-14-19-15-13-17;/h16-17,19H,3-15H2,1-2H3;1H. The number of hydrogen-bond acceptors (Lipinski definition) is 2. The van der Waals surface area contributed by atoms with Gasteiger partial charge in [-0.25, -0.2) is 0 Å². The molecular formula is C18H36ClNO. The molecule has 0 radical (unpaired) electrons. The lowest BCUT2D eigenvalue weighted by atomic mass is 9.90. The fourth-order valence-corrected chi connectivity index (χ4v) is 3.19. The van der Waals surface area contributed by atoms with Crippen molar-refractivity contribution in [2.45, 2.75) is 84.5 Å². The number of unbranched alkanes of at least 4 members (excludes halogenated alkanes) is 4. The molecule has 1 fully saturated rings. The van der Waals surface area contributed by atoms with Crippen LogP contribution in [0.4, 0.5) is 0 Å². The smallest absolute Gasteiger partial charge is 0.135 e. The van der Waals surface area contributed by atoms with E-state index in [0.717, 1.165) is 25.2 Å². The van der Waals surface area contributed by atoms with Gasteiger partial charge in [0.1, 0.15) is 5.78 Å². The average Bonchev–Trinajstić information content (AvgIpc) is 2.48. The topological polar surface area (TPSA) is 29.1 Å². The second-order valence-corrected chi connectivity index (χ2v) is 6.66. The minimum absolute atomic E-state index is 0. The van der Waals surface area contributed by atoms with Crippen LogP contribution < -0.4 is 5.32 Å². The number of halogens is 1. The Kier molecular flexibility index (Phi) is 13.5. The van der Waals surface area contributed by atoms with E-state index in [4.69, 9.17) is 0 Å². The molecule has 0 amide bonds. The second kappa shape index (κ2) is 13.6. The molecule has 0 aromatic carbocycles. The highest BCUT2D eigenvalue weighted by Gasteiger charge is 2.14. The third-order valence-electron chi connectivity index (χ3n) is 4.78. The van der Waals surface area contributed by atoms with E-state index in [0.29, 0.717) is 11.7 Å². The van der Waals surface area contributed by atoms with Crippen molar-refractivity contribution in [3.63, 3.8) is 0 Å². The van der Waals surface area contributed by atoms with Crippen LogP contribution >= 0.6 is 12.4 Å². The SMILES string of the molecule is CCCCCCC(=O)C(C)CCCCC1CCNCC1.Cl. The molecule has 1 unspecified atom stereocenters. The predicted molar refractivity (Wildman–Crippen MR) is 94.2 cm³/mol. The molecule has 1 rings (SSSR count). The fourth-order valence-electron chi connectivity index (χ4n) is 3.19. The van der Waals surface area contributed by atoms with Crippen LogP contribution in [-0.2, 0) is 4.79 Å². The van der Waals surface area contributed by atoms with Gasteiger partial charge >= 0.3 is 0 Å². The lowest BCUT2D eigenvalue weighted by molar-refractivity contribution is -0.122. The zero-order chi connectivity index (χ0) is 14.6. The van der Waals surface area contributed by atoms with Crippen LogP contribution in [0.2, 0.25) is 0 Å². The summed E-state index contributed by atoms with van der Waals surface area (Å²) in [6.45, 7) is 6.76. The number of nitrogens with one attached hydrogen (secondary N) is 1. The Hall–Kier alpha value is -0.0800. The van der Waals surface area contributed by atoms with Crippen LogP contribution in [0.3, 0.4) is 0 Å². The summed E-state index contributed by atoms with van der Waals surface area (Å²) in [4.78, 5) is 12.0. The first-order valence-electron chi connectivity index (χ1n) is 8.97. The lowest BCUT2D eigenvalue weighted by Crippen LogP contribution is -2.27. The summed E-state index contributed by atoms with van der Waals surface area (Å²) in [5.41, 5.74) is 0. The highest BCUT2D eigenvalue weighted by atomic mass is 35.5. The largest absolute Gasteiger partial charge is 0.317 e. The van der Waals surface area contributed by atoms with E-state index < -0.39 is 0 Å². The van der Waals surface area contributed by atoms with E-state index in [1.54, 1.807) is 0 Å². The Balaban J connectivity index is 0.00000400. The number of ketones is 1. The number of carbonyl (C=O) groups excluding carboxylic acids is 1. The van der Waals surface area contributed by atoms with E-state index >= 15 is 0 Å². The minimum Gasteiger partial charge on any atom is -0.317 e. The van der Waals surface area contributed by atoms with Crippen LogP contribution in [0.15, 0.2) is 0 Å². The van der Waals surface area contributed by atoms with Crippen LogP contribution in [-0.4, -0.2) is 18.9 Å². The first-order valence-corrected chi connectivity index (χ1v) is 8.97. The van der Waals surface area contributed by atoms with Gasteiger partial charge < -0.3 is 5.32 Å². The van der Waals surface area contributed by atoms with Crippen LogP contribution in [0.5, 0.6) is 0 Å². The van der Waals surface area contributed by atoms with Crippen molar-refractivity contribution in [1.29, 1.82) is 0 Å². The Morgan fingerprint density at radius 1 is 1.10 bits per heavy atom. The van der Waals surface area contributed by atoms with Gasteiger partial charge in [0.05, 0.1) is 0 Å². The Labute approximate surface area is 138 Å². The highest BCUT2D eigenvalue weighted by Crippen LogP contribution is 2.21. The van der Waals surface area contributed by atoms with Gasteiger partial charge in [-0.05, 0) is 44.7 Å². The maximum atomic E-state index is 12.0. The lowest BCUT2D eigenvalue weighted by Gasteiger charge is -2.22. The van der Waals surface area contributed by atoms with Gasteiger partial charge in [0.25, 0.3) is 0 Å². The molecule has 3 heteroatoms. The molecule has 0 aromatic heterocycles. The first kappa shape index (κ1) is 20.9. The third-order valence-corrected chi connectivity index (χ3v) is 4.78. The Morgan fingerprint density at radius 3 is 2.48 bits per heavy atom. The number of rotatable bonds is 11. The van der Waals surface area contributed by atoms with Gasteiger partial charge in [-0.15, -0.1) is 12.4 Å². The normalized spacial score (nSPS) is 17.2. The summed E-state index contributed by atoms with van der Waals surface area (Å²) >= 11 is 0. The quantitative estimate of drug-likeness (QED) is 0.534. The second-order valence-electron chi connectivity index (χ2n) is 6.66. The summed E-state index contributed by atoms with van der Waals surface area (Å²) < 4.78 is 0. The van der Waals surface area contributed by atoms with Crippen LogP contribution in [0.1, 0.15) is 84.5 Å². The molecule has 1 aliphatic heterocycles. The first-order chi connectivity index (χ1) is 9.74. The molecule has 0 aromatic rings. The molecule has 0 aliphatic carbocycles. The van der Waals surface area contributed by atoms with Crippen LogP contribution in [0.25, 0.3) is 0 Å². The Bertz CT molecular complexity index is 252. The van der Waals surface area contributed by atoms with Gasteiger partial charge in [-0.3, -0.25) is 4.79 Å². The van der Waals surface area contributed by atoms with Gasteiger partial charge in [-0.1, -0.05) is 52.4 Å². The predicted octanol–water partition coefficient (Wildman–Crippen LogP) is 5.14. The zero-order valence-electron chi connectivity index (χ0n) is 14.2. The van der Waals surface area contributed by atoms with Crippen molar-refractivity contribution in [2.75, 3.05) is 13.1 Å². The Morgan fingerprint density at radius 2 is 1.81 bits per heavy atom. The van der Waals surface area contributed by atoms with E-state index in [-0.39, 0.29) is 12.4 Å². The van der Waals surface area contributed by atoms with Crippen molar-refractivity contribution in [2.24, 2.45) is 11.8 Å². The maximum absolute atomic E-state index is 12.0. The molecule has 1 N–H and O–H groups in total. The molecule has 126 valence electrons. The number of carbonyl (C=O) groups is 1. The number of hydrogen-bond donors (Lipinski definition) is 1. The molecule has 21 heavy (non-hydrogen) atoms. The monoisotopic (exact) mass is 317 g/mol. The van der Waals surface area contributed by atoms with E-state index in [2.05, 4.69) is 19.2 Å². The van der Waals surface area contributed by atoms with Gasteiger partial charge in [0, 0.05) is 12.3 Å². The number of piperidine rings is 1. The van der Waals surface area contributed by atoms with E-state index in [9.17, 15) is 4.79 Å². The van der Waals surface area contributed by atoms with Gasteiger partial charge in [0.2, 0.25) is 0 Å². The van der Waals surface area contributed by atoms with Crippen LogP contribution in [0, 0.1) is 11.8 Å². The van der Waals surface area contributed by atoms with Crippen molar-refractivity contribution in [3.8, 4) is 0 Å². The molecular weight excluding hydrogens is 282 g/mol. The third kappa shape index (κ3) is 10.3. The fraction of sp³-hybridized carbons (Fsp3) is 0.944. The zero-order valence-corrected chi connectivity index (χ0v) is 15.0. The molecule has 1 atom stereocenters. The van der Waals surface area contributed by atoms with Crippen molar-refractivity contribution in [1.82, 2.24) is 5.32 Å².